The second kappa shape index (κ2) is 10.1. The summed E-state index contributed by atoms with van der Waals surface area (Å²) in [6.45, 7) is 3.99. The molecule has 0 saturated carbocycles. The largest absolute Gasteiger partial charge is 0.494 e. The number of aromatic nitrogens is 1. The molecule has 0 unspecified atom stereocenters. The lowest BCUT2D eigenvalue weighted by atomic mass is 10.2. The number of rotatable bonds is 6. The summed E-state index contributed by atoms with van der Waals surface area (Å²) in [5.74, 6) is 1.69. The summed E-state index contributed by atoms with van der Waals surface area (Å²) in [5.41, 5.74) is 2.03. The first-order valence-corrected chi connectivity index (χ1v) is 7.25. The molecule has 0 aliphatic rings. The van der Waals surface area contributed by atoms with Crippen LogP contribution in [0.15, 0.2) is 46.1 Å². The number of nitrogens with zero attached hydrogens (tertiary/aromatic N) is 3. The second-order valence-electron chi connectivity index (χ2n) is 4.82. The van der Waals surface area contributed by atoms with E-state index in [1.807, 2.05) is 32.2 Å². The Balaban J connectivity index is 0.00000264. The zero-order chi connectivity index (χ0) is 15.8. The van der Waals surface area contributed by atoms with Gasteiger partial charge in [0.05, 0.1) is 13.2 Å². The number of nitrogens with one attached hydrogen (secondary N) is 1. The van der Waals surface area contributed by atoms with Gasteiger partial charge in [0.2, 0.25) is 0 Å². The van der Waals surface area contributed by atoms with Crippen molar-refractivity contribution >= 4 is 29.9 Å². The number of ether oxygens (including phenoxy) is 1. The van der Waals surface area contributed by atoms with E-state index in [2.05, 4.69) is 32.5 Å². The van der Waals surface area contributed by atoms with Gasteiger partial charge in [0, 0.05) is 26.7 Å². The quantitative estimate of drug-likeness (QED) is 0.434. The zero-order valence-corrected chi connectivity index (χ0v) is 16.0. The third-order valence-corrected chi connectivity index (χ3v) is 3.15. The molecule has 7 heteroatoms. The van der Waals surface area contributed by atoms with Gasteiger partial charge in [-0.15, -0.1) is 24.0 Å². The van der Waals surface area contributed by atoms with Crippen molar-refractivity contribution in [3.05, 3.63) is 47.9 Å². The first kappa shape index (κ1) is 19.3. The summed E-state index contributed by atoms with van der Waals surface area (Å²) < 4.78 is 10.3. The summed E-state index contributed by atoms with van der Waals surface area (Å²) in [4.78, 5) is 6.33. The van der Waals surface area contributed by atoms with E-state index >= 15 is 0 Å². The number of halogens is 1. The van der Waals surface area contributed by atoms with Crippen molar-refractivity contribution in [3.8, 4) is 5.75 Å². The summed E-state index contributed by atoms with van der Waals surface area (Å²) in [5, 5.41) is 7.12. The van der Waals surface area contributed by atoms with Crippen LogP contribution in [0.25, 0.3) is 0 Å². The predicted octanol–water partition coefficient (Wildman–Crippen LogP) is 2.90. The van der Waals surface area contributed by atoms with Crippen LogP contribution >= 0.6 is 24.0 Å². The molecule has 1 aromatic heterocycles. The van der Waals surface area contributed by atoms with Crippen LogP contribution in [0.5, 0.6) is 5.75 Å². The van der Waals surface area contributed by atoms with E-state index in [4.69, 9.17) is 9.26 Å². The molecule has 0 spiro atoms. The van der Waals surface area contributed by atoms with Gasteiger partial charge in [-0.05, 0) is 24.6 Å². The molecule has 6 nitrogen and oxygen atoms in total. The van der Waals surface area contributed by atoms with Crippen LogP contribution in [0.1, 0.15) is 18.2 Å². The number of aliphatic imine (C=N–C) groups is 1. The number of hydrogen-bond acceptors (Lipinski definition) is 4. The fourth-order valence-corrected chi connectivity index (χ4v) is 2.09. The summed E-state index contributed by atoms with van der Waals surface area (Å²) in [7, 11) is 3.76. The molecule has 0 bridgehead atoms. The van der Waals surface area contributed by atoms with Crippen LogP contribution < -0.4 is 10.1 Å². The fourth-order valence-electron chi connectivity index (χ4n) is 2.09. The molecule has 1 aromatic carbocycles. The molecule has 2 aromatic rings. The number of hydrogen-bond donors (Lipinski definition) is 1. The van der Waals surface area contributed by atoms with Crippen molar-refractivity contribution in [2.45, 2.75) is 20.0 Å². The molecule has 1 heterocycles. The second-order valence-corrected chi connectivity index (χ2v) is 4.82. The Morgan fingerprint density at radius 3 is 2.61 bits per heavy atom. The Labute approximate surface area is 153 Å². The van der Waals surface area contributed by atoms with Crippen LogP contribution in [-0.2, 0) is 13.1 Å². The SMILES string of the molecule is CCOc1ccc(CN(C)C(=NC)NCc2ccon2)cc1.I. The van der Waals surface area contributed by atoms with Gasteiger partial charge in [-0.1, -0.05) is 17.3 Å². The summed E-state index contributed by atoms with van der Waals surface area (Å²) >= 11 is 0. The Morgan fingerprint density at radius 2 is 2.04 bits per heavy atom. The van der Waals surface area contributed by atoms with E-state index in [1.54, 1.807) is 13.3 Å². The smallest absolute Gasteiger partial charge is 0.194 e. The van der Waals surface area contributed by atoms with Gasteiger partial charge in [-0.25, -0.2) is 0 Å². The lowest BCUT2D eigenvalue weighted by Crippen LogP contribution is -2.38. The van der Waals surface area contributed by atoms with Crippen LogP contribution in [0.2, 0.25) is 0 Å². The van der Waals surface area contributed by atoms with Crippen molar-refractivity contribution in [3.63, 3.8) is 0 Å². The third-order valence-electron chi connectivity index (χ3n) is 3.15. The molecular formula is C16H23IN4O2. The lowest BCUT2D eigenvalue weighted by molar-refractivity contribution is 0.340. The molecule has 0 fully saturated rings. The molecule has 2 rings (SSSR count). The van der Waals surface area contributed by atoms with E-state index in [0.717, 1.165) is 23.9 Å². The molecule has 0 amide bonds. The third kappa shape index (κ3) is 6.09. The van der Waals surface area contributed by atoms with Crippen LogP contribution in [0, 0.1) is 0 Å². The lowest BCUT2D eigenvalue weighted by Gasteiger charge is -2.22. The van der Waals surface area contributed by atoms with Crippen molar-refractivity contribution in [1.29, 1.82) is 0 Å². The van der Waals surface area contributed by atoms with Crippen LogP contribution in [0.4, 0.5) is 0 Å². The molecular weight excluding hydrogens is 407 g/mol. The Bertz CT molecular complexity index is 585. The average molecular weight is 430 g/mol. The van der Waals surface area contributed by atoms with E-state index < -0.39 is 0 Å². The summed E-state index contributed by atoms with van der Waals surface area (Å²) in [6, 6.07) is 9.92. The highest BCUT2D eigenvalue weighted by molar-refractivity contribution is 14.0. The predicted molar refractivity (Wildman–Crippen MR) is 101 cm³/mol. The van der Waals surface area contributed by atoms with Crippen molar-refractivity contribution in [1.82, 2.24) is 15.4 Å². The van der Waals surface area contributed by atoms with Gasteiger partial charge >= 0.3 is 0 Å². The van der Waals surface area contributed by atoms with Gasteiger partial charge < -0.3 is 19.5 Å². The molecule has 0 radical (unpaired) electrons. The highest BCUT2D eigenvalue weighted by Gasteiger charge is 2.07. The maximum atomic E-state index is 5.45. The molecule has 0 aliphatic carbocycles. The van der Waals surface area contributed by atoms with Crippen LogP contribution in [-0.4, -0.2) is 36.7 Å². The van der Waals surface area contributed by atoms with Gasteiger partial charge in [-0.3, -0.25) is 4.99 Å². The molecule has 0 saturated heterocycles. The van der Waals surface area contributed by atoms with Crippen molar-refractivity contribution in [2.75, 3.05) is 20.7 Å². The van der Waals surface area contributed by atoms with Crippen molar-refractivity contribution in [2.24, 2.45) is 4.99 Å². The highest BCUT2D eigenvalue weighted by atomic mass is 127. The minimum atomic E-state index is 0. The number of guanidine groups is 1. The maximum absolute atomic E-state index is 5.45. The first-order valence-electron chi connectivity index (χ1n) is 7.25. The average Bonchev–Trinajstić information content (AvgIpc) is 3.03. The highest BCUT2D eigenvalue weighted by Crippen LogP contribution is 2.13. The Morgan fingerprint density at radius 1 is 1.30 bits per heavy atom. The van der Waals surface area contributed by atoms with E-state index in [9.17, 15) is 0 Å². The van der Waals surface area contributed by atoms with Crippen molar-refractivity contribution < 1.29 is 9.26 Å². The maximum Gasteiger partial charge on any atom is 0.194 e. The monoisotopic (exact) mass is 430 g/mol. The van der Waals surface area contributed by atoms with E-state index in [0.29, 0.717) is 13.2 Å². The standard InChI is InChI=1S/C16H22N4O2.HI/c1-4-21-15-7-5-13(6-8-15)12-20(3)16(17-2)18-11-14-9-10-22-19-14;/h5-10H,4,11-12H2,1-3H3,(H,17,18);1H. The summed E-state index contributed by atoms with van der Waals surface area (Å²) in [6.07, 6.45) is 1.56. The number of benzene rings is 1. The minimum absolute atomic E-state index is 0. The van der Waals surface area contributed by atoms with E-state index in [-0.39, 0.29) is 24.0 Å². The van der Waals surface area contributed by atoms with Gasteiger partial charge in [0.1, 0.15) is 17.7 Å². The minimum Gasteiger partial charge on any atom is -0.494 e. The molecule has 23 heavy (non-hydrogen) atoms. The van der Waals surface area contributed by atoms with Gasteiger partial charge in [-0.2, -0.15) is 0 Å². The van der Waals surface area contributed by atoms with Gasteiger partial charge in [0.15, 0.2) is 5.96 Å². The Hall–Kier alpha value is -1.77. The molecule has 0 aliphatic heterocycles. The molecule has 1 N–H and O–H groups in total. The molecule has 126 valence electrons. The zero-order valence-electron chi connectivity index (χ0n) is 13.7. The van der Waals surface area contributed by atoms with E-state index in [1.165, 1.54) is 5.56 Å². The Kier molecular flexibility index (Phi) is 8.46. The topological polar surface area (TPSA) is 62.9 Å². The first-order chi connectivity index (χ1) is 10.7. The normalized spacial score (nSPS) is 10.8. The molecule has 0 atom stereocenters. The fraction of sp³-hybridized carbons (Fsp3) is 0.375. The van der Waals surface area contributed by atoms with Gasteiger partial charge in [0.25, 0.3) is 0 Å². The van der Waals surface area contributed by atoms with Crippen LogP contribution in [0.3, 0.4) is 0 Å².